The molecule has 4 nitrogen and oxygen atoms in total. The SMILES string of the molecule is COc1ccccc1CN1CCC(=NO)c2ccccc21. The molecular weight excluding hydrogens is 264 g/mol. The van der Waals surface area contributed by atoms with Gasteiger partial charge in [-0.25, -0.2) is 0 Å². The molecule has 0 atom stereocenters. The molecule has 3 rings (SSSR count). The molecule has 0 aliphatic carbocycles. The van der Waals surface area contributed by atoms with Crippen molar-refractivity contribution in [2.75, 3.05) is 18.6 Å². The van der Waals surface area contributed by atoms with Gasteiger partial charge in [-0.1, -0.05) is 41.6 Å². The number of hydrogen-bond acceptors (Lipinski definition) is 4. The molecule has 1 aliphatic rings. The van der Waals surface area contributed by atoms with Gasteiger partial charge in [-0.3, -0.25) is 0 Å². The summed E-state index contributed by atoms with van der Waals surface area (Å²) in [4.78, 5) is 2.29. The lowest BCUT2D eigenvalue weighted by atomic mass is 9.99. The lowest BCUT2D eigenvalue weighted by Crippen LogP contribution is -2.32. The Morgan fingerprint density at radius 1 is 1.14 bits per heavy atom. The van der Waals surface area contributed by atoms with Crippen molar-refractivity contribution < 1.29 is 9.94 Å². The quantitative estimate of drug-likeness (QED) is 0.694. The molecule has 2 aromatic carbocycles. The summed E-state index contributed by atoms with van der Waals surface area (Å²) in [6.45, 7) is 1.61. The van der Waals surface area contributed by atoms with Gasteiger partial charge in [0.2, 0.25) is 0 Å². The fourth-order valence-electron chi connectivity index (χ4n) is 2.80. The minimum atomic E-state index is 0.739. The zero-order valence-electron chi connectivity index (χ0n) is 12.0. The number of benzene rings is 2. The number of para-hydroxylation sites is 2. The molecule has 2 aromatic rings. The molecule has 0 amide bonds. The first-order chi connectivity index (χ1) is 10.3. The van der Waals surface area contributed by atoms with Crippen molar-refractivity contribution in [1.82, 2.24) is 0 Å². The van der Waals surface area contributed by atoms with Gasteiger partial charge in [-0.05, 0) is 12.1 Å². The molecule has 0 spiro atoms. The highest BCUT2D eigenvalue weighted by Crippen LogP contribution is 2.30. The van der Waals surface area contributed by atoms with Crippen LogP contribution in [0.1, 0.15) is 17.5 Å². The van der Waals surface area contributed by atoms with E-state index in [4.69, 9.17) is 9.94 Å². The Hall–Kier alpha value is -2.49. The van der Waals surface area contributed by atoms with Crippen LogP contribution in [0.3, 0.4) is 0 Å². The van der Waals surface area contributed by atoms with Crippen molar-refractivity contribution in [2.24, 2.45) is 5.16 Å². The molecule has 1 aliphatic heterocycles. The van der Waals surface area contributed by atoms with Gasteiger partial charge in [0.1, 0.15) is 5.75 Å². The van der Waals surface area contributed by atoms with Crippen LogP contribution >= 0.6 is 0 Å². The van der Waals surface area contributed by atoms with Crippen LogP contribution in [0.4, 0.5) is 5.69 Å². The van der Waals surface area contributed by atoms with E-state index in [-0.39, 0.29) is 0 Å². The lowest BCUT2D eigenvalue weighted by Gasteiger charge is -2.32. The molecule has 0 bridgehead atoms. The number of nitrogens with zero attached hydrogens (tertiary/aromatic N) is 2. The Morgan fingerprint density at radius 2 is 1.90 bits per heavy atom. The third-order valence-electron chi connectivity index (χ3n) is 3.85. The molecule has 0 fully saturated rings. The van der Waals surface area contributed by atoms with Crippen LogP contribution in [0.2, 0.25) is 0 Å². The second-order valence-electron chi connectivity index (χ2n) is 5.05. The van der Waals surface area contributed by atoms with Crippen molar-refractivity contribution in [1.29, 1.82) is 0 Å². The van der Waals surface area contributed by atoms with Crippen LogP contribution in [-0.4, -0.2) is 24.6 Å². The highest BCUT2D eigenvalue weighted by Gasteiger charge is 2.22. The second-order valence-corrected chi connectivity index (χ2v) is 5.05. The normalized spacial score (nSPS) is 15.9. The fourth-order valence-corrected chi connectivity index (χ4v) is 2.80. The fraction of sp³-hybridized carbons (Fsp3) is 0.235. The van der Waals surface area contributed by atoms with E-state index in [0.717, 1.165) is 47.8 Å². The molecule has 4 heteroatoms. The average Bonchev–Trinajstić information content (AvgIpc) is 2.55. The van der Waals surface area contributed by atoms with Crippen LogP contribution in [0.15, 0.2) is 53.7 Å². The van der Waals surface area contributed by atoms with E-state index in [0.29, 0.717) is 0 Å². The van der Waals surface area contributed by atoms with E-state index in [1.807, 2.05) is 36.4 Å². The number of hydrogen-bond donors (Lipinski definition) is 1. The molecule has 108 valence electrons. The molecule has 21 heavy (non-hydrogen) atoms. The van der Waals surface area contributed by atoms with Gasteiger partial charge >= 0.3 is 0 Å². The lowest BCUT2D eigenvalue weighted by molar-refractivity contribution is 0.317. The molecule has 0 saturated carbocycles. The first-order valence-corrected chi connectivity index (χ1v) is 7.00. The van der Waals surface area contributed by atoms with E-state index < -0.39 is 0 Å². The summed E-state index contributed by atoms with van der Waals surface area (Å²) < 4.78 is 5.43. The maximum absolute atomic E-state index is 9.15. The maximum atomic E-state index is 9.15. The van der Waals surface area contributed by atoms with Crippen LogP contribution in [0, 0.1) is 0 Å². The van der Waals surface area contributed by atoms with Crippen molar-refractivity contribution in [2.45, 2.75) is 13.0 Å². The summed E-state index contributed by atoms with van der Waals surface area (Å²) >= 11 is 0. The van der Waals surface area contributed by atoms with E-state index in [1.165, 1.54) is 0 Å². The topological polar surface area (TPSA) is 45.1 Å². The Labute approximate surface area is 124 Å². The molecule has 1 heterocycles. The molecule has 0 aromatic heterocycles. The monoisotopic (exact) mass is 282 g/mol. The van der Waals surface area contributed by atoms with E-state index in [9.17, 15) is 0 Å². The molecule has 0 radical (unpaired) electrons. The molecule has 0 unspecified atom stereocenters. The summed E-state index contributed by atoms with van der Waals surface area (Å²) in [6, 6.07) is 16.1. The van der Waals surface area contributed by atoms with Crippen molar-refractivity contribution in [3.8, 4) is 5.75 Å². The number of rotatable bonds is 3. The highest BCUT2D eigenvalue weighted by atomic mass is 16.5. The molecular formula is C17H18N2O2. The van der Waals surface area contributed by atoms with Gasteiger partial charge in [-0.2, -0.15) is 0 Å². The smallest absolute Gasteiger partial charge is 0.123 e. The standard InChI is InChI=1S/C17H18N2O2/c1-21-17-9-5-2-6-13(17)12-19-11-10-15(18-20)14-7-3-4-8-16(14)19/h2-9,20H,10-12H2,1H3. The number of oxime groups is 1. The van der Waals surface area contributed by atoms with E-state index in [2.05, 4.69) is 22.2 Å². The number of fused-ring (bicyclic) bond motifs is 1. The zero-order valence-corrected chi connectivity index (χ0v) is 12.0. The van der Waals surface area contributed by atoms with Crippen molar-refractivity contribution >= 4 is 11.4 Å². The number of anilines is 1. The Balaban J connectivity index is 1.94. The van der Waals surface area contributed by atoms with Gasteiger partial charge < -0.3 is 14.8 Å². The van der Waals surface area contributed by atoms with Crippen LogP contribution < -0.4 is 9.64 Å². The van der Waals surface area contributed by atoms with Gasteiger partial charge in [0.05, 0.1) is 12.8 Å². The minimum Gasteiger partial charge on any atom is -0.496 e. The summed E-state index contributed by atoms with van der Waals surface area (Å²) in [6.07, 6.45) is 0.739. The third-order valence-corrected chi connectivity index (χ3v) is 3.85. The molecule has 0 saturated heterocycles. The van der Waals surface area contributed by atoms with E-state index >= 15 is 0 Å². The number of methoxy groups -OCH3 is 1. The Morgan fingerprint density at radius 3 is 2.71 bits per heavy atom. The zero-order chi connectivity index (χ0) is 14.7. The summed E-state index contributed by atoms with van der Waals surface area (Å²) in [7, 11) is 1.69. The van der Waals surface area contributed by atoms with Gasteiger partial charge in [0.15, 0.2) is 0 Å². The first-order valence-electron chi connectivity index (χ1n) is 7.00. The highest BCUT2D eigenvalue weighted by molar-refractivity contribution is 6.06. The van der Waals surface area contributed by atoms with Gasteiger partial charge in [-0.15, -0.1) is 0 Å². The maximum Gasteiger partial charge on any atom is 0.123 e. The Bertz CT molecular complexity index is 667. The van der Waals surface area contributed by atoms with Gasteiger partial charge in [0.25, 0.3) is 0 Å². The van der Waals surface area contributed by atoms with Crippen LogP contribution in [-0.2, 0) is 6.54 Å². The van der Waals surface area contributed by atoms with Crippen molar-refractivity contribution in [3.63, 3.8) is 0 Å². The predicted molar refractivity (Wildman–Crippen MR) is 83.4 cm³/mol. The van der Waals surface area contributed by atoms with Crippen LogP contribution in [0.5, 0.6) is 5.75 Å². The summed E-state index contributed by atoms with van der Waals surface area (Å²) in [5.74, 6) is 0.900. The summed E-state index contributed by atoms with van der Waals surface area (Å²) in [5, 5.41) is 12.6. The van der Waals surface area contributed by atoms with Crippen molar-refractivity contribution in [3.05, 3.63) is 59.7 Å². The van der Waals surface area contributed by atoms with Crippen LogP contribution in [0.25, 0.3) is 0 Å². The predicted octanol–water partition coefficient (Wildman–Crippen LogP) is 3.28. The largest absolute Gasteiger partial charge is 0.496 e. The second kappa shape index (κ2) is 5.87. The number of ether oxygens (including phenoxy) is 1. The summed E-state index contributed by atoms with van der Waals surface area (Å²) in [5.41, 5.74) is 4.00. The third kappa shape index (κ3) is 2.57. The van der Waals surface area contributed by atoms with E-state index in [1.54, 1.807) is 7.11 Å². The Kier molecular flexibility index (Phi) is 3.77. The first kappa shape index (κ1) is 13.5. The van der Waals surface area contributed by atoms with Gasteiger partial charge in [0, 0.05) is 36.3 Å². The minimum absolute atomic E-state index is 0.739. The molecule has 1 N–H and O–H groups in total. The average molecular weight is 282 g/mol.